The number of aromatic nitrogens is 2. The highest BCUT2D eigenvalue weighted by Crippen LogP contribution is 2.17. The summed E-state index contributed by atoms with van der Waals surface area (Å²) in [6, 6.07) is 7.70. The molecule has 4 nitrogen and oxygen atoms in total. The number of hydrogen-bond acceptors (Lipinski definition) is 3. The van der Waals surface area contributed by atoms with Gasteiger partial charge >= 0.3 is 0 Å². The highest BCUT2D eigenvalue weighted by atomic mass is 79.9. The van der Waals surface area contributed by atoms with E-state index < -0.39 is 0 Å². The summed E-state index contributed by atoms with van der Waals surface area (Å²) in [6.45, 7) is 0. The Labute approximate surface area is 101 Å². The molecule has 2 rings (SSSR count). The standard InChI is InChI=1S/C11H9BrN4/c12-9-3-1-7(2-4-9)11-15-5-8(6-16-11)10(13)14/h1-6H,(H3,13,14). The van der Waals surface area contributed by atoms with Gasteiger partial charge in [0.1, 0.15) is 5.84 Å². The molecular weight excluding hydrogens is 268 g/mol. The average molecular weight is 277 g/mol. The Morgan fingerprint density at radius 3 is 2.19 bits per heavy atom. The Kier molecular flexibility index (Phi) is 2.96. The van der Waals surface area contributed by atoms with Crippen molar-refractivity contribution in [2.24, 2.45) is 5.73 Å². The van der Waals surface area contributed by atoms with E-state index in [1.165, 1.54) is 0 Å². The molecule has 0 amide bonds. The molecule has 0 saturated carbocycles. The smallest absolute Gasteiger partial charge is 0.159 e. The van der Waals surface area contributed by atoms with Crippen LogP contribution in [0.4, 0.5) is 0 Å². The predicted molar refractivity (Wildman–Crippen MR) is 66.2 cm³/mol. The van der Waals surface area contributed by atoms with Crippen LogP contribution in [0.25, 0.3) is 11.4 Å². The van der Waals surface area contributed by atoms with Gasteiger partial charge in [0.25, 0.3) is 0 Å². The van der Waals surface area contributed by atoms with E-state index >= 15 is 0 Å². The van der Waals surface area contributed by atoms with E-state index in [0.717, 1.165) is 10.0 Å². The van der Waals surface area contributed by atoms with E-state index in [1.807, 2.05) is 24.3 Å². The molecule has 0 aliphatic rings. The van der Waals surface area contributed by atoms with Crippen LogP contribution in [-0.2, 0) is 0 Å². The van der Waals surface area contributed by atoms with Crippen LogP contribution in [0.2, 0.25) is 0 Å². The van der Waals surface area contributed by atoms with Crippen LogP contribution >= 0.6 is 15.9 Å². The lowest BCUT2D eigenvalue weighted by molar-refractivity contribution is 1.16. The quantitative estimate of drug-likeness (QED) is 0.652. The van der Waals surface area contributed by atoms with Crippen molar-refractivity contribution in [3.63, 3.8) is 0 Å². The number of halogens is 1. The number of nitrogen functional groups attached to an aromatic ring is 1. The van der Waals surface area contributed by atoms with Crippen LogP contribution in [0, 0.1) is 5.41 Å². The molecule has 0 aliphatic heterocycles. The second-order valence-electron chi connectivity index (χ2n) is 3.22. The summed E-state index contributed by atoms with van der Waals surface area (Å²) in [5, 5.41) is 7.23. The van der Waals surface area contributed by atoms with Crippen molar-refractivity contribution in [3.8, 4) is 11.4 Å². The van der Waals surface area contributed by atoms with Crippen LogP contribution in [0.1, 0.15) is 5.56 Å². The largest absolute Gasteiger partial charge is 0.384 e. The minimum absolute atomic E-state index is 0.0256. The van der Waals surface area contributed by atoms with Crippen molar-refractivity contribution in [2.75, 3.05) is 0 Å². The first-order chi connectivity index (χ1) is 7.66. The van der Waals surface area contributed by atoms with Crippen molar-refractivity contribution in [2.45, 2.75) is 0 Å². The molecule has 0 unspecified atom stereocenters. The van der Waals surface area contributed by atoms with Crippen molar-refractivity contribution in [3.05, 3.63) is 46.7 Å². The van der Waals surface area contributed by atoms with Gasteiger partial charge in [-0.3, -0.25) is 5.41 Å². The summed E-state index contributed by atoms with van der Waals surface area (Å²) < 4.78 is 1.01. The molecule has 0 saturated heterocycles. The van der Waals surface area contributed by atoms with Gasteiger partial charge in [-0.15, -0.1) is 0 Å². The normalized spacial score (nSPS) is 10.1. The zero-order chi connectivity index (χ0) is 11.5. The Hall–Kier alpha value is -1.75. The zero-order valence-electron chi connectivity index (χ0n) is 8.31. The van der Waals surface area contributed by atoms with Crippen molar-refractivity contribution >= 4 is 21.8 Å². The molecule has 3 N–H and O–H groups in total. The first-order valence-corrected chi connectivity index (χ1v) is 5.38. The predicted octanol–water partition coefficient (Wildman–Crippen LogP) is 2.19. The summed E-state index contributed by atoms with van der Waals surface area (Å²) in [7, 11) is 0. The summed E-state index contributed by atoms with van der Waals surface area (Å²) in [5.41, 5.74) is 6.78. The summed E-state index contributed by atoms with van der Waals surface area (Å²) in [5.74, 6) is 0.597. The number of rotatable bonds is 2. The second kappa shape index (κ2) is 4.40. The van der Waals surface area contributed by atoms with E-state index in [4.69, 9.17) is 11.1 Å². The lowest BCUT2D eigenvalue weighted by atomic mass is 10.2. The van der Waals surface area contributed by atoms with Crippen molar-refractivity contribution < 1.29 is 0 Å². The van der Waals surface area contributed by atoms with E-state index in [1.54, 1.807) is 12.4 Å². The molecule has 1 heterocycles. The highest BCUT2D eigenvalue weighted by Gasteiger charge is 2.02. The van der Waals surface area contributed by atoms with E-state index in [2.05, 4.69) is 25.9 Å². The minimum atomic E-state index is -0.0256. The maximum absolute atomic E-state index is 7.23. The fraction of sp³-hybridized carbons (Fsp3) is 0. The third-order valence-corrected chi connectivity index (χ3v) is 2.59. The summed E-state index contributed by atoms with van der Waals surface area (Å²) >= 11 is 3.36. The van der Waals surface area contributed by atoms with Crippen LogP contribution in [0.3, 0.4) is 0 Å². The molecule has 0 fully saturated rings. The molecule has 2 aromatic rings. The zero-order valence-corrected chi connectivity index (χ0v) is 9.90. The van der Waals surface area contributed by atoms with E-state index in [-0.39, 0.29) is 5.84 Å². The number of nitrogens with one attached hydrogen (secondary N) is 1. The number of nitrogens with zero attached hydrogens (tertiary/aromatic N) is 2. The van der Waals surface area contributed by atoms with Gasteiger partial charge in [-0.25, -0.2) is 9.97 Å². The number of hydrogen-bond donors (Lipinski definition) is 2. The summed E-state index contributed by atoms with van der Waals surface area (Å²) in [6.07, 6.45) is 3.10. The molecule has 1 aromatic carbocycles. The second-order valence-corrected chi connectivity index (χ2v) is 4.13. The number of amidine groups is 1. The van der Waals surface area contributed by atoms with Crippen molar-refractivity contribution in [1.82, 2.24) is 9.97 Å². The van der Waals surface area contributed by atoms with E-state index in [0.29, 0.717) is 11.4 Å². The van der Waals surface area contributed by atoms with Crippen LogP contribution in [0.5, 0.6) is 0 Å². The number of benzene rings is 1. The fourth-order valence-electron chi connectivity index (χ4n) is 1.22. The third kappa shape index (κ3) is 2.25. The van der Waals surface area contributed by atoms with Gasteiger partial charge in [0.2, 0.25) is 0 Å². The third-order valence-electron chi connectivity index (χ3n) is 2.07. The van der Waals surface area contributed by atoms with Gasteiger partial charge in [0, 0.05) is 22.4 Å². The SMILES string of the molecule is N=C(N)c1cnc(-c2ccc(Br)cc2)nc1. The lowest BCUT2D eigenvalue weighted by Crippen LogP contribution is -2.11. The van der Waals surface area contributed by atoms with E-state index in [9.17, 15) is 0 Å². The van der Waals surface area contributed by atoms with Gasteiger partial charge in [-0.1, -0.05) is 28.1 Å². The van der Waals surface area contributed by atoms with Crippen LogP contribution in [0.15, 0.2) is 41.1 Å². The van der Waals surface area contributed by atoms with Gasteiger partial charge in [0.05, 0.1) is 5.56 Å². The summed E-state index contributed by atoms with van der Waals surface area (Å²) in [4.78, 5) is 8.31. The molecule has 0 atom stereocenters. The Balaban J connectivity index is 2.34. The fourth-order valence-corrected chi connectivity index (χ4v) is 1.48. The van der Waals surface area contributed by atoms with Gasteiger partial charge < -0.3 is 5.73 Å². The molecular formula is C11H9BrN4. The maximum Gasteiger partial charge on any atom is 0.159 e. The van der Waals surface area contributed by atoms with Gasteiger partial charge in [0.15, 0.2) is 5.82 Å². The molecule has 0 spiro atoms. The van der Waals surface area contributed by atoms with Crippen molar-refractivity contribution in [1.29, 1.82) is 5.41 Å². The lowest BCUT2D eigenvalue weighted by Gasteiger charge is -2.01. The highest BCUT2D eigenvalue weighted by molar-refractivity contribution is 9.10. The molecule has 80 valence electrons. The topological polar surface area (TPSA) is 75.7 Å². The average Bonchev–Trinajstić information content (AvgIpc) is 2.30. The Bertz CT molecular complexity index is 505. The first kappa shape index (κ1) is 10.8. The minimum Gasteiger partial charge on any atom is -0.384 e. The number of nitrogens with two attached hydrogens (primary N) is 1. The first-order valence-electron chi connectivity index (χ1n) is 4.59. The molecule has 16 heavy (non-hydrogen) atoms. The molecule has 1 aromatic heterocycles. The Morgan fingerprint density at radius 1 is 1.12 bits per heavy atom. The van der Waals surface area contributed by atoms with Crippen LogP contribution in [-0.4, -0.2) is 15.8 Å². The van der Waals surface area contributed by atoms with Gasteiger partial charge in [-0.2, -0.15) is 0 Å². The van der Waals surface area contributed by atoms with Gasteiger partial charge in [-0.05, 0) is 12.1 Å². The molecule has 0 aliphatic carbocycles. The van der Waals surface area contributed by atoms with Crippen LogP contribution < -0.4 is 5.73 Å². The Morgan fingerprint density at radius 2 is 1.69 bits per heavy atom. The molecule has 0 bridgehead atoms. The maximum atomic E-state index is 7.23. The monoisotopic (exact) mass is 276 g/mol. The molecule has 0 radical (unpaired) electrons. The molecule has 5 heteroatoms.